The average Bonchev–Trinajstić information content (AvgIpc) is 2.45. The molecule has 0 spiro atoms. The molecule has 3 heteroatoms. The quantitative estimate of drug-likeness (QED) is 0.755. The van der Waals surface area contributed by atoms with E-state index in [1.807, 2.05) is 6.07 Å². The smallest absolute Gasteiger partial charge is 0.214 e. The summed E-state index contributed by atoms with van der Waals surface area (Å²) in [5.41, 5.74) is 1.26. The summed E-state index contributed by atoms with van der Waals surface area (Å²) in [7, 11) is 0. The molecule has 82 valence electrons. The minimum atomic E-state index is -0.419. The number of aromatic nitrogens is 1. The van der Waals surface area contributed by atoms with E-state index >= 15 is 0 Å². The van der Waals surface area contributed by atoms with E-state index in [4.69, 9.17) is 0 Å². The van der Waals surface area contributed by atoms with Gasteiger partial charge >= 0.3 is 0 Å². The van der Waals surface area contributed by atoms with E-state index in [1.54, 1.807) is 0 Å². The molecule has 1 heterocycles. The van der Waals surface area contributed by atoms with Gasteiger partial charge in [0.1, 0.15) is 0 Å². The number of pyridine rings is 1. The highest BCUT2D eigenvalue weighted by molar-refractivity contribution is 5.42. The van der Waals surface area contributed by atoms with Gasteiger partial charge in [0.2, 0.25) is 5.95 Å². The van der Waals surface area contributed by atoms with Crippen LogP contribution in [0.5, 0.6) is 0 Å². The van der Waals surface area contributed by atoms with Crippen molar-refractivity contribution >= 4 is 5.69 Å². The summed E-state index contributed by atoms with van der Waals surface area (Å²) in [5, 5.41) is 3.36. The molecule has 0 radical (unpaired) electrons. The first kappa shape index (κ1) is 10.4. The summed E-state index contributed by atoms with van der Waals surface area (Å²) in [6.45, 7) is 4.56. The second-order valence-corrected chi connectivity index (χ2v) is 5.12. The highest BCUT2D eigenvalue weighted by Crippen LogP contribution is 2.38. The van der Waals surface area contributed by atoms with E-state index in [9.17, 15) is 4.39 Å². The van der Waals surface area contributed by atoms with E-state index < -0.39 is 5.95 Å². The Labute approximate surface area is 89.9 Å². The van der Waals surface area contributed by atoms with Gasteiger partial charge in [-0.3, -0.25) is 0 Å². The summed E-state index contributed by atoms with van der Waals surface area (Å²) in [6.07, 6.45) is 5.05. The molecule has 0 bridgehead atoms. The highest BCUT2D eigenvalue weighted by Gasteiger charge is 2.30. The fourth-order valence-corrected chi connectivity index (χ4v) is 2.29. The Hall–Kier alpha value is -1.12. The minimum absolute atomic E-state index is 0.419. The molecule has 1 unspecified atom stereocenters. The summed E-state index contributed by atoms with van der Waals surface area (Å²) in [6, 6.07) is 3.74. The Morgan fingerprint density at radius 2 is 2.33 bits per heavy atom. The number of nitrogens with zero attached hydrogens (tertiary/aromatic N) is 1. The van der Waals surface area contributed by atoms with Crippen molar-refractivity contribution in [1.29, 1.82) is 0 Å². The molecular formula is C12H17FN2. The molecular weight excluding hydrogens is 191 g/mol. The van der Waals surface area contributed by atoms with Crippen LogP contribution < -0.4 is 5.32 Å². The van der Waals surface area contributed by atoms with Crippen LogP contribution in [0, 0.1) is 11.4 Å². The van der Waals surface area contributed by atoms with Crippen molar-refractivity contribution in [3.05, 3.63) is 24.3 Å². The van der Waals surface area contributed by atoms with Gasteiger partial charge in [0.25, 0.3) is 0 Å². The normalized spacial score (nSPS) is 24.1. The Bertz CT molecular complexity index is 349. The van der Waals surface area contributed by atoms with Crippen molar-refractivity contribution in [3.63, 3.8) is 0 Å². The molecule has 1 aromatic rings. The zero-order valence-electron chi connectivity index (χ0n) is 9.26. The van der Waals surface area contributed by atoms with Crippen LogP contribution in [0.4, 0.5) is 10.1 Å². The third-order valence-corrected chi connectivity index (χ3v) is 3.07. The Morgan fingerprint density at radius 1 is 1.53 bits per heavy atom. The molecule has 1 saturated carbocycles. The lowest BCUT2D eigenvalue weighted by atomic mass is 9.92. The van der Waals surface area contributed by atoms with Crippen LogP contribution in [0.2, 0.25) is 0 Å². The molecule has 0 aromatic carbocycles. The fraction of sp³-hybridized carbons (Fsp3) is 0.583. The van der Waals surface area contributed by atoms with Gasteiger partial charge in [0, 0.05) is 24.0 Å². The summed E-state index contributed by atoms with van der Waals surface area (Å²) in [4.78, 5) is 3.54. The molecule has 15 heavy (non-hydrogen) atoms. The molecule has 1 aliphatic carbocycles. The molecule has 0 saturated heterocycles. The van der Waals surface area contributed by atoms with Crippen LogP contribution in [-0.4, -0.2) is 11.0 Å². The first-order chi connectivity index (χ1) is 7.05. The van der Waals surface area contributed by atoms with Gasteiger partial charge in [0.15, 0.2) is 0 Å². The molecule has 2 nitrogen and oxygen atoms in total. The molecule has 0 aliphatic heterocycles. The maximum atomic E-state index is 12.8. The Morgan fingerprint density at radius 3 is 2.93 bits per heavy atom. The second-order valence-electron chi connectivity index (χ2n) is 5.12. The summed E-state index contributed by atoms with van der Waals surface area (Å²) in [5.74, 6) is -0.419. The Balaban J connectivity index is 1.99. The van der Waals surface area contributed by atoms with E-state index in [-0.39, 0.29) is 0 Å². The summed E-state index contributed by atoms with van der Waals surface area (Å²) >= 11 is 0. The number of hydrogen-bond donors (Lipinski definition) is 1. The van der Waals surface area contributed by atoms with Crippen molar-refractivity contribution in [3.8, 4) is 0 Å². The predicted octanol–water partition coefficient (Wildman–Crippen LogP) is 3.21. The topological polar surface area (TPSA) is 24.9 Å². The van der Waals surface area contributed by atoms with Crippen LogP contribution >= 0.6 is 0 Å². The van der Waals surface area contributed by atoms with Crippen LogP contribution in [0.25, 0.3) is 0 Å². The van der Waals surface area contributed by atoms with Crippen LogP contribution in [-0.2, 0) is 0 Å². The van der Waals surface area contributed by atoms with Gasteiger partial charge in [-0.25, -0.2) is 4.98 Å². The zero-order chi connectivity index (χ0) is 10.9. The van der Waals surface area contributed by atoms with Gasteiger partial charge in [-0.05, 0) is 30.7 Å². The highest BCUT2D eigenvalue weighted by atomic mass is 19.1. The minimum Gasteiger partial charge on any atom is -0.382 e. The SMILES string of the molecule is CC1(C)CCC(Nc2ccnc(F)c2)C1. The van der Waals surface area contributed by atoms with E-state index in [0.29, 0.717) is 11.5 Å². The molecule has 1 N–H and O–H groups in total. The lowest BCUT2D eigenvalue weighted by Gasteiger charge is -2.18. The zero-order valence-corrected chi connectivity index (χ0v) is 9.26. The van der Waals surface area contributed by atoms with E-state index in [0.717, 1.165) is 18.5 Å². The first-order valence-electron chi connectivity index (χ1n) is 5.43. The monoisotopic (exact) mass is 208 g/mol. The molecule has 1 aliphatic rings. The number of hydrogen-bond acceptors (Lipinski definition) is 2. The predicted molar refractivity (Wildman–Crippen MR) is 59.2 cm³/mol. The second kappa shape index (κ2) is 3.80. The van der Waals surface area contributed by atoms with E-state index in [2.05, 4.69) is 24.1 Å². The largest absolute Gasteiger partial charge is 0.382 e. The van der Waals surface area contributed by atoms with Gasteiger partial charge in [-0.1, -0.05) is 13.8 Å². The number of nitrogens with one attached hydrogen (secondary N) is 1. The van der Waals surface area contributed by atoms with Crippen molar-refractivity contribution in [2.24, 2.45) is 5.41 Å². The number of anilines is 1. The van der Waals surface area contributed by atoms with Crippen molar-refractivity contribution in [1.82, 2.24) is 4.98 Å². The Kier molecular flexibility index (Phi) is 2.63. The van der Waals surface area contributed by atoms with Gasteiger partial charge in [-0.2, -0.15) is 4.39 Å². The molecule has 2 rings (SSSR count). The number of rotatable bonds is 2. The fourth-order valence-electron chi connectivity index (χ4n) is 2.29. The van der Waals surface area contributed by atoms with Crippen LogP contribution in [0.1, 0.15) is 33.1 Å². The van der Waals surface area contributed by atoms with Crippen LogP contribution in [0.15, 0.2) is 18.3 Å². The third kappa shape index (κ3) is 2.67. The van der Waals surface area contributed by atoms with Gasteiger partial charge in [-0.15, -0.1) is 0 Å². The van der Waals surface area contributed by atoms with Crippen molar-refractivity contribution in [2.75, 3.05) is 5.32 Å². The van der Waals surface area contributed by atoms with E-state index in [1.165, 1.54) is 18.7 Å². The molecule has 1 aromatic heterocycles. The third-order valence-electron chi connectivity index (χ3n) is 3.07. The van der Waals surface area contributed by atoms with Gasteiger partial charge < -0.3 is 5.32 Å². The van der Waals surface area contributed by atoms with Crippen molar-refractivity contribution in [2.45, 2.75) is 39.2 Å². The van der Waals surface area contributed by atoms with Crippen LogP contribution in [0.3, 0.4) is 0 Å². The maximum absolute atomic E-state index is 12.8. The van der Waals surface area contributed by atoms with Gasteiger partial charge in [0.05, 0.1) is 0 Å². The molecule has 0 amide bonds. The number of halogens is 1. The maximum Gasteiger partial charge on any atom is 0.214 e. The van der Waals surface area contributed by atoms with Crippen molar-refractivity contribution < 1.29 is 4.39 Å². The molecule has 1 atom stereocenters. The lowest BCUT2D eigenvalue weighted by molar-refractivity contribution is 0.378. The standard InChI is InChI=1S/C12H17FN2/c1-12(2)5-3-10(8-12)15-9-4-6-14-11(13)7-9/h4,6-7,10H,3,5,8H2,1-2H3,(H,14,15). The first-order valence-corrected chi connectivity index (χ1v) is 5.43. The summed E-state index contributed by atoms with van der Waals surface area (Å²) < 4.78 is 12.8. The lowest BCUT2D eigenvalue weighted by Crippen LogP contribution is -2.17. The molecule has 1 fully saturated rings. The average molecular weight is 208 g/mol.